The number of aromatic nitrogens is 3. The number of rotatable bonds is 3. The normalized spacial score (nSPS) is 18.1. The summed E-state index contributed by atoms with van der Waals surface area (Å²) in [5, 5.41) is 10.1. The first-order valence-electron chi connectivity index (χ1n) is 9.13. The number of guanidine groups is 1. The average Bonchev–Trinajstić information content (AvgIpc) is 3.15. The van der Waals surface area contributed by atoms with Crippen LogP contribution in [0.4, 0.5) is 0 Å². The van der Waals surface area contributed by atoms with Crippen molar-refractivity contribution < 1.29 is 4.74 Å². The topological polar surface area (TPSA) is 67.6 Å². The fraction of sp³-hybridized carbons (Fsp3) is 0.350. The van der Waals surface area contributed by atoms with Crippen molar-refractivity contribution >= 4 is 16.7 Å². The van der Waals surface area contributed by atoms with Gasteiger partial charge in [0.2, 0.25) is 0 Å². The van der Waals surface area contributed by atoms with Gasteiger partial charge in [-0.05, 0) is 11.5 Å². The molecule has 7 heteroatoms. The second-order valence-electron chi connectivity index (χ2n) is 6.63. The van der Waals surface area contributed by atoms with E-state index in [-0.39, 0.29) is 6.10 Å². The van der Waals surface area contributed by atoms with Crippen LogP contribution >= 0.6 is 0 Å². The summed E-state index contributed by atoms with van der Waals surface area (Å²) in [6.07, 6.45) is 5.73. The quantitative estimate of drug-likeness (QED) is 0.570. The Hall–Kier alpha value is -2.93. The van der Waals surface area contributed by atoms with Gasteiger partial charge in [-0.15, -0.1) is 0 Å². The van der Waals surface area contributed by atoms with Gasteiger partial charge in [-0.25, -0.2) is 0 Å². The molecule has 0 saturated carbocycles. The largest absolute Gasteiger partial charge is 0.370 e. The van der Waals surface area contributed by atoms with E-state index in [1.54, 1.807) is 4.68 Å². The number of fused-ring (bicyclic) bond motifs is 1. The van der Waals surface area contributed by atoms with E-state index in [1.165, 1.54) is 5.39 Å². The van der Waals surface area contributed by atoms with E-state index in [0.29, 0.717) is 13.2 Å². The molecule has 1 unspecified atom stereocenters. The van der Waals surface area contributed by atoms with Crippen LogP contribution in [0.2, 0.25) is 0 Å². The van der Waals surface area contributed by atoms with Gasteiger partial charge in [0, 0.05) is 44.0 Å². The highest BCUT2D eigenvalue weighted by Crippen LogP contribution is 2.22. The number of aliphatic imine (C=N–C) groups is 1. The molecule has 1 aliphatic heterocycles. The highest BCUT2D eigenvalue weighted by atomic mass is 16.5. The van der Waals surface area contributed by atoms with Crippen LogP contribution in [0.3, 0.4) is 0 Å². The molecule has 1 aromatic carbocycles. The lowest BCUT2D eigenvalue weighted by Gasteiger charge is -2.34. The summed E-state index contributed by atoms with van der Waals surface area (Å²) in [5.74, 6) is 0.863. The summed E-state index contributed by atoms with van der Waals surface area (Å²) in [4.78, 5) is 11.2. The second kappa shape index (κ2) is 7.75. The van der Waals surface area contributed by atoms with Crippen molar-refractivity contribution in [3.63, 3.8) is 0 Å². The molecule has 3 heterocycles. The van der Waals surface area contributed by atoms with E-state index >= 15 is 0 Å². The molecule has 1 aliphatic rings. The molecule has 0 aliphatic carbocycles. The Kier molecular flexibility index (Phi) is 5.02. The van der Waals surface area contributed by atoms with E-state index in [1.807, 2.05) is 50.9 Å². The van der Waals surface area contributed by atoms with Crippen molar-refractivity contribution in [2.24, 2.45) is 12.0 Å². The molecule has 0 spiro atoms. The molecule has 1 fully saturated rings. The lowest BCUT2D eigenvalue weighted by molar-refractivity contribution is -0.00805. The van der Waals surface area contributed by atoms with Crippen LogP contribution in [0.5, 0.6) is 0 Å². The number of pyridine rings is 1. The highest BCUT2D eigenvalue weighted by molar-refractivity contribution is 5.85. The van der Waals surface area contributed by atoms with Gasteiger partial charge in [0.1, 0.15) is 6.10 Å². The number of aryl methyl sites for hydroxylation is 1. The Morgan fingerprint density at radius 3 is 3.04 bits per heavy atom. The molecule has 3 aromatic rings. The minimum Gasteiger partial charge on any atom is -0.370 e. The Bertz CT molecular complexity index is 945. The smallest absolute Gasteiger partial charge is 0.194 e. The number of ether oxygens (including phenoxy) is 1. The molecule has 140 valence electrons. The molecule has 7 nitrogen and oxygen atoms in total. The van der Waals surface area contributed by atoms with Crippen LogP contribution in [0.25, 0.3) is 10.8 Å². The summed E-state index contributed by atoms with van der Waals surface area (Å²) < 4.78 is 7.74. The third-order valence-electron chi connectivity index (χ3n) is 4.84. The van der Waals surface area contributed by atoms with Crippen molar-refractivity contribution in [3.8, 4) is 0 Å². The van der Waals surface area contributed by atoms with E-state index in [0.717, 1.165) is 35.7 Å². The number of hydrogen-bond donors (Lipinski definition) is 1. The summed E-state index contributed by atoms with van der Waals surface area (Å²) in [5.41, 5.74) is 2.11. The molecular weight excluding hydrogens is 340 g/mol. The zero-order chi connectivity index (χ0) is 18.6. The van der Waals surface area contributed by atoms with E-state index in [2.05, 4.69) is 37.4 Å². The van der Waals surface area contributed by atoms with Crippen LogP contribution in [-0.2, 0) is 18.3 Å². The van der Waals surface area contributed by atoms with Crippen molar-refractivity contribution in [1.29, 1.82) is 0 Å². The molecule has 2 aromatic heterocycles. The third-order valence-corrected chi connectivity index (χ3v) is 4.84. The average molecular weight is 364 g/mol. The van der Waals surface area contributed by atoms with E-state index in [9.17, 15) is 0 Å². The minimum atomic E-state index is 0.00156. The van der Waals surface area contributed by atoms with Gasteiger partial charge in [0.25, 0.3) is 0 Å². The summed E-state index contributed by atoms with van der Waals surface area (Å²) >= 11 is 0. The fourth-order valence-corrected chi connectivity index (χ4v) is 3.47. The van der Waals surface area contributed by atoms with E-state index < -0.39 is 0 Å². The van der Waals surface area contributed by atoms with Crippen LogP contribution in [0.15, 0.2) is 53.9 Å². The number of hydrogen-bond acceptors (Lipinski definition) is 4. The number of nitrogens with one attached hydrogen (secondary N) is 1. The van der Waals surface area contributed by atoms with Crippen LogP contribution in [-0.4, -0.2) is 52.4 Å². The third kappa shape index (κ3) is 3.78. The van der Waals surface area contributed by atoms with E-state index in [4.69, 9.17) is 4.74 Å². The standard InChI is InChI=1S/C20H24N6O/c1-21-20(23-12-18-17-6-4-3-5-15(17)7-8-22-18)26-9-10-27-19(14-26)16-11-24-25(2)13-16/h3-8,11,13,19H,9-10,12,14H2,1-2H3,(H,21,23). The van der Waals surface area contributed by atoms with Gasteiger partial charge in [0.15, 0.2) is 5.96 Å². The maximum absolute atomic E-state index is 5.93. The molecule has 0 radical (unpaired) electrons. The number of morpholine rings is 1. The predicted octanol–water partition coefficient (Wildman–Crippen LogP) is 2.12. The first-order valence-corrected chi connectivity index (χ1v) is 9.13. The number of benzene rings is 1. The van der Waals surface area contributed by atoms with Crippen LogP contribution in [0.1, 0.15) is 17.4 Å². The Morgan fingerprint density at radius 1 is 1.33 bits per heavy atom. The van der Waals surface area contributed by atoms with Crippen LogP contribution < -0.4 is 5.32 Å². The monoisotopic (exact) mass is 364 g/mol. The Morgan fingerprint density at radius 2 is 2.22 bits per heavy atom. The summed E-state index contributed by atoms with van der Waals surface area (Å²) in [7, 11) is 3.73. The molecule has 4 rings (SSSR count). The van der Waals surface area contributed by atoms with Gasteiger partial charge in [-0.2, -0.15) is 5.10 Å². The van der Waals surface area contributed by atoms with Gasteiger partial charge in [-0.1, -0.05) is 24.3 Å². The van der Waals surface area contributed by atoms with Crippen LogP contribution in [0, 0.1) is 0 Å². The molecule has 1 N–H and O–H groups in total. The van der Waals surface area contributed by atoms with Gasteiger partial charge in [0.05, 0.1) is 31.6 Å². The maximum Gasteiger partial charge on any atom is 0.194 e. The molecule has 0 bridgehead atoms. The second-order valence-corrected chi connectivity index (χ2v) is 6.63. The Labute approximate surface area is 158 Å². The molecular formula is C20H24N6O. The molecule has 1 atom stereocenters. The molecule has 27 heavy (non-hydrogen) atoms. The predicted molar refractivity (Wildman–Crippen MR) is 105 cm³/mol. The molecule has 0 amide bonds. The van der Waals surface area contributed by atoms with Gasteiger partial charge < -0.3 is 15.0 Å². The zero-order valence-electron chi connectivity index (χ0n) is 15.7. The summed E-state index contributed by atoms with van der Waals surface area (Å²) in [6.45, 7) is 2.84. The highest BCUT2D eigenvalue weighted by Gasteiger charge is 2.25. The lowest BCUT2D eigenvalue weighted by atomic mass is 10.1. The van der Waals surface area contributed by atoms with Gasteiger partial charge in [-0.3, -0.25) is 14.7 Å². The van der Waals surface area contributed by atoms with Crippen molar-refractivity contribution in [1.82, 2.24) is 25.0 Å². The van der Waals surface area contributed by atoms with Crippen molar-refractivity contribution in [2.45, 2.75) is 12.6 Å². The number of nitrogens with zero attached hydrogens (tertiary/aromatic N) is 5. The Balaban J connectivity index is 1.46. The SMILES string of the molecule is CN=C(NCc1nccc2ccccc12)N1CCOC(c2cnn(C)c2)C1. The van der Waals surface area contributed by atoms with Gasteiger partial charge >= 0.3 is 0 Å². The fourth-order valence-electron chi connectivity index (χ4n) is 3.47. The first-order chi connectivity index (χ1) is 13.2. The maximum atomic E-state index is 5.93. The first kappa shape index (κ1) is 17.5. The molecule has 1 saturated heterocycles. The van der Waals surface area contributed by atoms with Crippen molar-refractivity contribution in [2.75, 3.05) is 26.7 Å². The minimum absolute atomic E-state index is 0.00156. The zero-order valence-corrected chi connectivity index (χ0v) is 15.7. The lowest BCUT2D eigenvalue weighted by Crippen LogP contribution is -2.48. The summed E-state index contributed by atoms with van der Waals surface area (Å²) in [6, 6.07) is 10.3. The van der Waals surface area contributed by atoms with Crippen molar-refractivity contribution in [3.05, 3.63) is 60.2 Å².